The van der Waals surface area contributed by atoms with Gasteiger partial charge in [-0.05, 0) is 25.3 Å². The second-order valence-corrected chi connectivity index (χ2v) is 2.65. The molecule has 0 radical (unpaired) electrons. The summed E-state index contributed by atoms with van der Waals surface area (Å²) in [6.07, 6.45) is 7.39. The molecule has 0 aliphatic heterocycles. The van der Waals surface area contributed by atoms with Gasteiger partial charge in [-0.3, -0.25) is 0 Å². The van der Waals surface area contributed by atoms with Crippen LogP contribution in [-0.2, 0) is 0 Å². The van der Waals surface area contributed by atoms with Gasteiger partial charge in [0.2, 0.25) is 0 Å². The summed E-state index contributed by atoms with van der Waals surface area (Å²) in [5.74, 6) is 0. The minimum atomic E-state index is 0.958. The van der Waals surface area contributed by atoms with Gasteiger partial charge in [0.05, 0.1) is 0 Å². The van der Waals surface area contributed by atoms with Crippen molar-refractivity contribution in [1.29, 1.82) is 0 Å². The Morgan fingerprint density at radius 1 is 1.36 bits per heavy atom. The molecule has 64 valence electrons. The van der Waals surface area contributed by atoms with Gasteiger partial charge in [-0.1, -0.05) is 32.4 Å². The summed E-state index contributed by atoms with van der Waals surface area (Å²) in [5, 5.41) is 0. The van der Waals surface area contributed by atoms with E-state index in [-0.39, 0.29) is 0 Å². The van der Waals surface area contributed by atoms with Gasteiger partial charge in [0.25, 0.3) is 0 Å². The van der Waals surface area contributed by atoms with Crippen LogP contribution in [0.25, 0.3) is 0 Å². The molecule has 0 saturated heterocycles. The van der Waals surface area contributed by atoms with Gasteiger partial charge in [-0.25, -0.2) is 0 Å². The lowest BCUT2D eigenvalue weighted by Crippen LogP contribution is -1.99. The molecule has 1 heteroatoms. The molecule has 0 aliphatic rings. The van der Waals surface area contributed by atoms with Crippen molar-refractivity contribution in [2.45, 2.75) is 40.0 Å². The number of hydrogen-bond donors (Lipinski definition) is 1. The summed E-state index contributed by atoms with van der Waals surface area (Å²) < 4.78 is 0. The Morgan fingerprint density at radius 3 is 2.36 bits per heavy atom. The molecule has 0 aromatic heterocycles. The van der Waals surface area contributed by atoms with Crippen LogP contribution in [0.3, 0.4) is 0 Å². The fraction of sp³-hybridized carbons (Fsp3) is 0.600. The second-order valence-electron chi connectivity index (χ2n) is 2.65. The highest BCUT2D eigenvalue weighted by molar-refractivity contribution is 5.23. The van der Waals surface area contributed by atoms with Gasteiger partial charge in [0, 0.05) is 5.70 Å². The van der Waals surface area contributed by atoms with E-state index in [0.29, 0.717) is 0 Å². The van der Waals surface area contributed by atoms with E-state index in [1.54, 1.807) is 0 Å². The van der Waals surface area contributed by atoms with Crippen LogP contribution in [0.15, 0.2) is 23.4 Å². The predicted octanol–water partition coefficient (Wildman–Crippen LogP) is 2.99. The van der Waals surface area contributed by atoms with Crippen LogP contribution in [-0.4, -0.2) is 0 Å². The zero-order valence-corrected chi connectivity index (χ0v) is 7.85. The monoisotopic (exact) mass is 153 g/mol. The number of nitrogens with two attached hydrogens (primary N) is 1. The van der Waals surface area contributed by atoms with Crippen molar-refractivity contribution in [3.63, 3.8) is 0 Å². The van der Waals surface area contributed by atoms with Crippen LogP contribution in [0.1, 0.15) is 40.0 Å². The molecule has 11 heavy (non-hydrogen) atoms. The lowest BCUT2D eigenvalue weighted by molar-refractivity contribution is 0.890. The van der Waals surface area contributed by atoms with Crippen LogP contribution < -0.4 is 5.73 Å². The van der Waals surface area contributed by atoms with E-state index in [9.17, 15) is 0 Å². The van der Waals surface area contributed by atoms with Crippen molar-refractivity contribution >= 4 is 0 Å². The van der Waals surface area contributed by atoms with Crippen LogP contribution >= 0.6 is 0 Å². The van der Waals surface area contributed by atoms with E-state index in [1.807, 2.05) is 13.0 Å². The molecule has 0 rings (SSSR count). The molecule has 0 aromatic rings. The molecule has 0 atom stereocenters. The maximum absolute atomic E-state index is 5.82. The molecular weight excluding hydrogens is 134 g/mol. The van der Waals surface area contributed by atoms with Gasteiger partial charge in [0.15, 0.2) is 0 Å². The fourth-order valence-corrected chi connectivity index (χ4v) is 1.05. The van der Waals surface area contributed by atoms with E-state index in [4.69, 9.17) is 5.73 Å². The first kappa shape index (κ1) is 10.3. The summed E-state index contributed by atoms with van der Waals surface area (Å²) in [6, 6.07) is 0. The van der Waals surface area contributed by atoms with Crippen molar-refractivity contribution < 1.29 is 0 Å². The smallest absolute Gasteiger partial charge is 0.0110 e. The number of allylic oxidation sites excluding steroid dienone is 4. The topological polar surface area (TPSA) is 26.0 Å². The molecule has 0 amide bonds. The molecule has 0 aliphatic carbocycles. The zero-order valence-electron chi connectivity index (χ0n) is 7.85. The summed E-state index contributed by atoms with van der Waals surface area (Å²) in [7, 11) is 0. The van der Waals surface area contributed by atoms with Crippen molar-refractivity contribution in [3.05, 3.63) is 23.4 Å². The molecule has 0 fully saturated rings. The zero-order chi connectivity index (χ0) is 8.69. The Kier molecular flexibility index (Phi) is 5.63. The summed E-state index contributed by atoms with van der Waals surface area (Å²) in [6.45, 7) is 6.29. The van der Waals surface area contributed by atoms with Crippen LogP contribution in [0.4, 0.5) is 0 Å². The average Bonchev–Trinajstić information content (AvgIpc) is 2.03. The summed E-state index contributed by atoms with van der Waals surface area (Å²) in [5.41, 5.74) is 8.15. The first-order valence-electron chi connectivity index (χ1n) is 4.36. The first-order chi connectivity index (χ1) is 5.26. The van der Waals surface area contributed by atoms with Crippen molar-refractivity contribution in [2.75, 3.05) is 0 Å². The lowest BCUT2D eigenvalue weighted by Gasteiger charge is -2.04. The van der Waals surface area contributed by atoms with E-state index in [1.165, 1.54) is 12.0 Å². The van der Waals surface area contributed by atoms with Crippen LogP contribution in [0.5, 0.6) is 0 Å². The Bertz CT molecular complexity index is 154. The van der Waals surface area contributed by atoms with Gasteiger partial charge < -0.3 is 5.73 Å². The highest BCUT2D eigenvalue weighted by Gasteiger charge is 1.95. The third kappa shape index (κ3) is 3.87. The van der Waals surface area contributed by atoms with Crippen molar-refractivity contribution in [2.24, 2.45) is 5.73 Å². The molecule has 0 spiro atoms. The van der Waals surface area contributed by atoms with Crippen LogP contribution in [0.2, 0.25) is 0 Å². The van der Waals surface area contributed by atoms with Gasteiger partial charge in [-0.15, -0.1) is 0 Å². The second kappa shape index (κ2) is 6.02. The fourth-order valence-electron chi connectivity index (χ4n) is 1.05. The van der Waals surface area contributed by atoms with E-state index < -0.39 is 0 Å². The Morgan fingerprint density at radius 2 is 2.00 bits per heavy atom. The molecule has 0 heterocycles. The number of rotatable bonds is 4. The van der Waals surface area contributed by atoms with E-state index in [0.717, 1.165) is 18.5 Å². The Balaban J connectivity index is 4.30. The highest BCUT2D eigenvalue weighted by atomic mass is 14.6. The largest absolute Gasteiger partial charge is 0.402 e. The Hall–Kier alpha value is -0.720. The summed E-state index contributed by atoms with van der Waals surface area (Å²) >= 11 is 0. The van der Waals surface area contributed by atoms with Crippen molar-refractivity contribution in [3.8, 4) is 0 Å². The molecular formula is C10H19N. The van der Waals surface area contributed by atoms with Gasteiger partial charge in [-0.2, -0.15) is 0 Å². The molecule has 1 nitrogen and oxygen atoms in total. The minimum Gasteiger partial charge on any atom is -0.402 e. The SMILES string of the molecule is C/C=C\C(CCC)=C(/N)CC. The molecule has 0 saturated carbocycles. The molecule has 0 unspecified atom stereocenters. The molecule has 0 aromatic carbocycles. The predicted molar refractivity (Wildman–Crippen MR) is 51.2 cm³/mol. The Labute approximate surface area is 70.0 Å². The van der Waals surface area contributed by atoms with Gasteiger partial charge in [0.1, 0.15) is 0 Å². The maximum Gasteiger partial charge on any atom is 0.0110 e. The quantitative estimate of drug-likeness (QED) is 0.617. The third-order valence-corrected chi connectivity index (χ3v) is 1.68. The average molecular weight is 153 g/mol. The normalized spacial score (nSPS) is 13.7. The van der Waals surface area contributed by atoms with Gasteiger partial charge >= 0.3 is 0 Å². The van der Waals surface area contributed by atoms with E-state index in [2.05, 4.69) is 19.9 Å². The van der Waals surface area contributed by atoms with E-state index >= 15 is 0 Å². The maximum atomic E-state index is 5.82. The third-order valence-electron chi connectivity index (χ3n) is 1.68. The molecule has 2 N–H and O–H groups in total. The molecule has 0 bridgehead atoms. The minimum absolute atomic E-state index is 0.958. The number of hydrogen-bond acceptors (Lipinski definition) is 1. The van der Waals surface area contributed by atoms with Crippen LogP contribution in [0, 0.1) is 0 Å². The summed E-state index contributed by atoms with van der Waals surface area (Å²) in [4.78, 5) is 0. The standard InChI is InChI=1S/C10H19N/c1-4-7-9(8-5-2)10(11)6-3/h4,7H,5-6,8,11H2,1-3H3/b7-4-,10-9+. The lowest BCUT2D eigenvalue weighted by atomic mass is 10.1. The highest BCUT2D eigenvalue weighted by Crippen LogP contribution is 2.11. The van der Waals surface area contributed by atoms with Crippen molar-refractivity contribution in [1.82, 2.24) is 0 Å². The first-order valence-corrected chi connectivity index (χ1v) is 4.36.